The van der Waals surface area contributed by atoms with Crippen LogP contribution >= 0.6 is 11.3 Å². The van der Waals surface area contributed by atoms with Crippen LogP contribution < -0.4 is 10.6 Å². The van der Waals surface area contributed by atoms with E-state index in [0.717, 1.165) is 17.5 Å². The second kappa shape index (κ2) is 11.0. The molecule has 0 saturated carbocycles. The molecular weight excluding hydrogens is 457 g/mol. The molecule has 0 bridgehead atoms. The van der Waals surface area contributed by atoms with Crippen molar-refractivity contribution in [3.63, 3.8) is 0 Å². The van der Waals surface area contributed by atoms with Crippen molar-refractivity contribution in [1.29, 1.82) is 0 Å². The van der Waals surface area contributed by atoms with Gasteiger partial charge in [0.15, 0.2) is 5.13 Å². The lowest BCUT2D eigenvalue weighted by Crippen LogP contribution is -2.18. The summed E-state index contributed by atoms with van der Waals surface area (Å²) < 4.78 is 21.2. The van der Waals surface area contributed by atoms with Gasteiger partial charge in [-0.3, -0.25) is 20.2 Å². The summed E-state index contributed by atoms with van der Waals surface area (Å²) in [6.07, 6.45) is 0.794. The quantitative estimate of drug-likeness (QED) is 0.325. The number of hydrogen-bond donors (Lipinski definition) is 2. The van der Waals surface area contributed by atoms with Crippen LogP contribution in [0.25, 0.3) is 11.0 Å². The van der Waals surface area contributed by atoms with Gasteiger partial charge in [0.1, 0.15) is 5.82 Å². The van der Waals surface area contributed by atoms with Crippen molar-refractivity contribution >= 4 is 45.3 Å². The van der Waals surface area contributed by atoms with Gasteiger partial charge in [-0.15, -0.1) is 11.3 Å². The van der Waals surface area contributed by atoms with E-state index in [0.29, 0.717) is 36.5 Å². The topological polar surface area (TPSA) is 98.1 Å². The van der Waals surface area contributed by atoms with E-state index < -0.39 is 11.7 Å². The summed E-state index contributed by atoms with van der Waals surface area (Å²) in [5.41, 5.74) is 2.15. The summed E-state index contributed by atoms with van der Waals surface area (Å²) in [4.78, 5) is 33.8. The molecule has 0 saturated heterocycles. The summed E-state index contributed by atoms with van der Waals surface area (Å²) in [5, 5.41) is 7.42. The third-order valence-electron chi connectivity index (χ3n) is 5.01. The van der Waals surface area contributed by atoms with Crippen LogP contribution in [0.5, 0.6) is 0 Å². The number of ether oxygens (including phenoxy) is 1. The molecule has 0 radical (unpaired) electrons. The maximum atomic E-state index is 13.8. The summed E-state index contributed by atoms with van der Waals surface area (Å²) in [5.74, 6) is -1.02. The average Bonchev–Trinajstić information content (AvgIpc) is 3.40. The second-order valence-electron chi connectivity index (χ2n) is 7.43. The van der Waals surface area contributed by atoms with E-state index in [1.807, 2.05) is 35.8 Å². The largest absolute Gasteiger partial charge is 0.382 e. The van der Waals surface area contributed by atoms with Gasteiger partial charge in [-0.25, -0.2) is 14.4 Å². The third-order valence-corrected chi connectivity index (χ3v) is 5.82. The summed E-state index contributed by atoms with van der Waals surface area (Å²) in [7, 11) is 0. The van der Waals surface area contributed by atoms with Crippen molar-refractivity contribution in [2.75, 3.05) is 23.8 Å². The molecule has 2 N–H and O–H groups in total. The van der Waals surface area contributed by atoms with E-state index in [9.17, 15) is 14.0 Å². The molecule has 0 unspecified atom stereocenters. The minimum atomic E-state index is -0.611. The molecule has 2 heterocycles. The van der Waals surface area contributed by atoms with Crippen LogP contribution in [0.3, 0.4) is 0 Å². The molecule has 0 spiro atoms. The molecule has 0 aliphatic rings. The Bertz CT molecular complexity index is 1300. The third kappa shape index (κ3) is 5.64. The Kier molecular flexibility index (Phi) is 7.61. The lowest BCUT2D eigenvalue weighted by Gasteiger charge is -2.10. The van der Waals surface area contributed by atoms with Crippen molar-refractivity contribution in [3.05, 3.63) is 71.0 Å². The van der Waals surface area contributed by atoms with Gasteiger partial charge in [0.05, 0.1) is 28.7 Å². The van der Waals surface area contributed by atoms with E-state index >= 15 is 0 Å². The predicted octanol–water partition coefficient (Wildman–Crippen LogP) is 4.49. The van der Waals surface area contributed by atoms with E-state index in [1.54, 1.807) is 11.4 Å². The highest BCUT2D eigenvalue weighted by atomic mass is 32.1. The highest BCUT2D eigenvalue weighted by molar-refractivity contribution is 7.14. The number of aromatic nitrogens is 3. The molecule has 4 rings (SSSR count). The molecule has 10 heteroatoms. The van der Waals surface area contributed by atoms with Crippen molar-refractivity contribution in [3.8, 4) is 0 Å². The van der Waals surface area contributed by atoms with Gasteiger partial charge in [0, 0.05) is 25.1 Å². The zero-order valence-corrected chi connectivity index (χ0v) is 19.4. The van der Waals surface area contributed by atoms with Crippen LogP contribution in [-0.4, -0.2) is 39.6 Å². The predicted molar refractivity (Wildman–Crippen MR) is 130 cm³/mol. The SMILES string of the molecule is CCOCCCn1c(NC(=O)Cc2csc(NC(=O)c3ccccc3F)n2)nc2ccccc21. The average molecular weight is 482 g/mol. The first kappa shape index (κ1) is 23.5. The number of carbonyl (C=O) groups is 2. The molecule has 2 aromatic carbocycles. The van der Waals surface area contributed by atoms with Crippen LogP contribution in [0.2, 0.25) is 0 Å². The summed E-state index contributed by atoms with van der Waals surface area (Å²) in [6.45, 7) is 3.88. The van der Waals surface area contributed by atoms with Gasteiger partial charge in [-0.2, -0.15) is 0 Å². The highest BCUT2D eigenvalue weighted by Gasteiger charge is 2.16. The van der Waals surface area contributed by atoms with E-state index in [1.165, 1.54) is 29.5 Å². The van der Waals surface area contributed by atoms with Gasteiger partial charge in [-0.05, 0) is 37.6 Å². The number of hydrogen-bond acceptors (Lipinski definition) is 6. The Hall–Kier alpha value is -3.63. The zero-order valence-electron chi connectivity index (χ0n) is 18.6. The zero-order chi connectivity index (χ0) is 23.9. The number of fused-ring (bicyclic) bond motifs is 1. The molecule has 2 amide bonds. The molecule has 34 heavy (non-hydrogen) atoms. The molecule has 2 aromatic heterocycles. The summed E-state index contributed by atoms with van der Waals surface area (Å²) >= 11 is 1.17. The Balaban J connectivity index is 1.41. The first-order chi connectivity index (χ1) is 16.5. The van der Waals surface area contributed by atoms with Crippen LogP contribution in [0, 0.1) is 5.82 Å². The smallest absolute Gasteiger partial charge is 0.260 e. The second-order valence-corrected chi connectivity index (χ2v) is 8.29. The normalized spacial score (nSPS) is 11.0. The number of para-hydroxylation sites is 2. The first-order valence-electron chi connectivity index (χ1n) is 10.9. The minimum absolute atomic E-state index is 0.00815. The van der Waals surface area contributed by atoms with Gasteiger partial charge >= 0.3 is 0 Å². The van der Waals surface area contributed by atoms with Crippen molar-refractivity contribution in [1.82, 2.24) is 14.5 Å². The number of halogens is 1. The van der Waals surface area contributed by atoms with Crippen LogP contribution in [-0.2, 0) is 22.5 Å². The van der Waals surface area contributed by atoms with E-state index in [4.69, 9.17) is 4.74 Å². The fraction of sp³-hybridized carbons (Fsp3) is 0.250. The lowest BCUT2D eigenvalue weighted by atomic mass is 10.2. The number of imidazole rings is 1. The summed E-state index contributed by atoms with van der Waals surface area (Å²) in [6, 6.07) is 13.4. The first-order valence-corrected chi connectivity index (χ1v) is 11.8. The van der Waals surface area contributed by atoms with Gasteiger partial charge < -0.3 is 9.30 Å². The molecule has 4 aromatic rings. The van der Waals surface area contributed by atoms with Gasteiger partial charge in [0.25, 0.3) is 5.91 Å². The lowest BCUT2D eigenvalue weighted by molar-refractivity contribution is -0.115. The number of anilines is 2. The van der Waals surface area contributed by atoms with Gasteiger partial charge in [-0.1, -0.05) is 24.3 Å². The van der Waals surface area contributed by atoms with Crippen LogP contribution in [0.15, 0.2) is 53.9 Å². The Morgan fingerprint density at radius 2 is 1.88 bits per heavy atom. The minimum Gasteiger partial charge on any atom is -0.382 e. The maximum absolute atomic E-state index is 13.8. The number of amides is 2. The Labute approximate surface area is 199 Å². The Morgan fingerprint density at radius 1 is 1.09 bits per heavy atom. The number of thiazole rings is 1. The number of aryl methyl sites for hydroxylation is 1. The monoisotopic (exact) mass is 481 g/mol. The molecule has 0 aliphatic carbocycles. The number of rotatable bonds is 10. The maximum Gasteiger partial charge on any atom is 0.260 e. The standard InChI is InChI=1S/C24H24FN5O3S/c1-2-33-13-7-12-30-20-11-6-5-10-19(20)27-23(30)28-21(31)14-16-15-34-24(26-16)29-22(32)17-8-3-4-9-18(17)25/h3-6,8-11,15H,2,7,12-14H2,1H3,(H,26,29,32)(H,27,28,31). The van der Waals surface area contributed by atoms with Crippen LogP contribution in [0.4, 0.5) is 15.5 Å². The van der Waals surface area contributed by atoms with Crippen LogP contribution in [0.1, 0.15) is 29.4 Å². The number of carbonyl (C=O) groups excluding carboxylic acids is 2. The number of nitrogens with zero attached hydrogens (tertiary/aromatic N) is 3. The fourth-order valence-corrected chi connectivity index (χ4v) is 4.16. The molecule has 176 valence electrons. The fourth-order valence-electron chi connectivity index (χ4n) is 3.46. The van der Waals surface area contributed by atoms with E-state index in [2.05, 4.69) is 20.6 Å². The highest BCUT2D eigenvalue weighted by Crippen LogP contribution is 2.21. The Morgan fingerprint density at radius 3 is 2.71 bits per heavy atom. The molecule has 0 aliphatic heterocycles. The van der Waals surface area contributed by atoms with Crippen molar-refractivity contribution in [2.24, 2.45) is 0 Å². The molecular formula is C24H24FN5O3S. The number of benzene rings is 2. The van der Waals surface area contributed by atoms with Crippen molar-refractivity contribution in [2.45, 2.75) is 26.3 Å². The molecule has 8 nitrogen and oxygen atoms in total. The molecule has 0 atom stereocenters. The van der Waals surface area contributed by atoms with Crippen molar-refractivity contribution < 1.29 is 18.7 Å². The van der Waals surface area contributed by atoms with Gasteiger partial charge in [0.2, 0.25) is 11.9 Å². The number of nitrogens with one attached hydrogen (secondary N) is 2. The van der Waals surface area contributed by atoms with E-state index in [-0.39, 0.29) is 17.9 Å². The molecule has 0 fully saturated rings.